The lowest BCUT2D eigenvalue weighted by molar-refractivity contribution is 0.263. The number of hydrogen-bond donors (Lipinski definition) is 0. The number of nitrogens with zero attached hydrogens (tertiary/aromatic N) is 4. The van der Waals surface area contributed by atoms with E-state index in [9.17, 15) is 0 Å². The van der Waals surface area contributed by atoms with Crippen LogP contribution in [0.3, 0.4) is 0 Å². The number of halogens is 1. The molecular weight excluding hydrogens is 255 g/mol. The molecule has 2 heterocycles. The zero-order valence-electron chi connectivity index (χ0n) is 6.29. The molecule has 0 spiro atoms. The third kappa shape index (κ3) is 1.26. The molecule has 0 fully saturated rings. The van der Waals surface area contributed by atoms with Crippen LogP contribution in [0.25, 0.3) is 0 Å². The molecule has 4 nitrogen and oxygen atoms in total. The number of fused-ring (bicyclic) bond motifs is 1. The van der Waals surface area contributed by atoms with E-state index in [2.05, 4.69) is 49.3 Å². The van der Waals surface area contributed by atoms with Crippen molar-refractivity contribution in [2.75, 3.05) is 13.6 Å². The summed E-state index contributed by atoms with van der Waals surface area (Å²) in [5.74, 6) is 1.09. The van der Waals surface area contributed by atoms with Gasteiger partial charge in [-0.05, 0) is 7.05 Å². The Hall–Kier alpha value is -0.170. The summed E-state index contributed by atoms with van der Waals surface area (Å²) in [6.07, 6.45) is 0. The summed E-state index contributed by atoms with van der Waals surface area (Å²) in [5.41, 5.74) is 0. The van der Waals surface area contributed by atoms with Gasteiger partial charge >= 0.3 is 0 Å². The van der Waals surface area contributed by atoms with Crippen LogP contribution in [0, 0.1) is 3.83 Å². The van der Waals surface area contributed by atoms with Gasteiger partial charge in [-0.1, -0.05) is 0 Å². The Labute approximate surface area is 78.7 Å². The Morgan fingerprint density at radius 2 is 2.18 bits per heavy atom. The van der Waals surface area contributed by atoms with Crippen LogP contribution in [0.2, 0.25) is 0 Å². The smallest absolute Gasteiger partial charge is 0.194 e. The second-order valence-electron chi connectivity index (χ2n) is 2.77. The summed E-state index contributed by atoms with van der Waals surface area (Å²) < 4.78 is 3.17. The number of likely N-dealkylation sites (N-methyl/N-ethyl adjacent to an activating group) is 1. The summed E-state index contributed by atoms with van der Waals surface area (Å²) in [6, 6.07) is 0. The van der Waals surface area contributed by atoms with Gasteiger partial charge in [0.2, 0.25) is 0 Å². The first-order valence-corrected chi connectivity index (χ1v) is 4.61. The Morgan fingerprint density at radius 3 is 3.00 bits per heavy atom. The topological polar surface area (TPSA) is 34.0 Å². The maximum absolute atomic E-state index is 4.07. The summed E-state index contributed by atoms with van der Waals surface area (Å²) in [6.45, 7) is 3.05. The molecule has 0 aromatic carbocycles. The number of hydrogen-bond acceptors (Lipinski definition) is 3. The molecule has 1 aromatic heterocycles. The largest absolute Gasteiger partial charge is 0.304 e. The van der Waals surface area contributed by atoms with E-state index in [1.54, 1.807) is 0 Å². The van der Waals surface area contributed by atoms with E-state index in [0.29, 0.717) is 0 Å². The second-order valence-corrected chi connectivity index (χ2v) is 3.74. The van der Waals surface area contributed by atoms with Gasteiger partial charge in [0.15, 0.2) is 3.83 Å². The van der Waals surface area contributed by atoms with E-state index < -0.39 is 0 Å². The summed E-state index contributed by atoms with van der Waals surface area (Å²) in [7, 11) is 2.10. The maximum atomic E-state index is 4.07. The van der Waals surface area contributed by atoms with Crippen LogP contribution in [0.5, 0.6) is 0 Å². The molecule has 0 radical (unpaired) electrons. The second kappa shape index (κ2) is 2.71. The van der Waals surface area contributed by atoms with Gasteiger partial charge in [0.25, 0.3) is 0 Å². The molecular formula is C6H9IN4. The molecule has 0 N–H and O–H groups in total. The minimum absolute atomic E-state index is 0.927. The first kappa shape index (κ1) is 7.48. The molecule has 1 aromatic rings. The SMILES string of the molecule is CN1CCn2c(I)nnc2C1. The van der Waals surface area contributed by atoms with Gasteiger partial charge in [-0.3, -0.25) is 4.90 Å². The van der Waals surface area contributed by atoms with Gasteiger partial charge in [-0.25, -0.2) is 0 Å². The van der Waals surface area contributed by atoms with Crippen molar-refractivity contribution in [1.29, 1.82) is 0 Å². The molecule has 60 valence electrons. The average Bonchev–Trinajstić information content (AvgIpc) is 2.32. The van der Waals surface area contributed by atoms with Crippen LogP contribution in [-0.2, 0) is 13.1 Å². The molecule has 0 unspecified atom stereocenters. The van der Waals surface area contributed by atoms with E-state index in [1.165, 1.54) is 0 Å². The van der Waals surface area contributed by atoms with E-state index >= 15 is 0 Å². The van der Waals surface area contributed by atoms with Crippen molar-refractivity contribution in [2.24, 2.45) is 0 Å². The zero-order valence-corrected chi connectivity index (χ0v) is 8.45. The lowest BCUT2D eigenvalue weighted by Gasteiger charge is -2.22. The number of rotatable bonds is 0. The van der Waals surface area contributed by atoms with Crippen molar-refractivity contribution in [1.82, 2.24) is 19.7 Å². The standard InChI is InChI=1S/C6H9IN4/c1-10-2-3-11-5(4-10)8-9-6(11)7/h2-4H2,1H3. The Balaban J connectivity index is 2.36. The number of aromatic nitrogens is 3. The Kier molecular flexibility index (Phi) is 1.84. The highest BCUT2D eigenvalue weighted by Crippen LogP contribution is 2.11. The third-order valence-electron chi connectivity index (χ3n) is 1.90. The van der Waals surface area contributed by atoms with Crippen molar-refractivity contribution in [3.05, 3.63) is 9.66 Å². The lowest BCUT2D eigenvalue weighted by atomic mass is 10.4. The molecule has 0 saturated heterocycles. The molecule has 1 aliphatic rings. The highest BCUT2D eigenvalue weighted by Gasteiger charge is 2.16. The van der Waals surface area contributed by atoms with Crippen LogP contribution < -0.4 is 0 Å². The van der Waals surface area contributed by atoms with Gasteiger partial charge in [-0.2, -0.15) is 0 Å². The van der Waals surface area contributed by atoms with Gasteiger partial charge in [0.05, 0.1) is 6.54 Å². The molecule has 0 amide bonds. The van der Waals surface area contributed by atoms with Crippen LogP contribution in [0.1, 0.15) is 5.82 Å². The molecule has 1 aliphatic heterocycles. The van der Waals surface area contributed by atoms with E-state index in [0.717, 1.165) is 29.3 Å². The lowest BCUT2D eigenvalue weighted by Crippen LogP contribution is -2.30. The van der Waals surface area contributed by atoms with Crippen LogP contribution in [0.4, 0.5) is 0 Å². The van der Waals surface area contributed by atoms with Crippen molar-refractivity contribution < 1.29 is 0 Å². The van der Waals surface area contributed by atoms with Crippen molar-refractivity contribution in [3.8, 4) is 0 Å². The monoisotopic (exact) mass is 264 g/mol. The normalized spacial score (nSPS) is 18.4. The van der Waals surface area contributed by atoms with Gasteiger partial charge in [-0.15, -0.1) is 10.2 Å². The van der Waals surface area contributed by atoms with Gasteiger partial charge in [0.1, 0.15) is 5.82 Å². The van der Waals surface area contributed by atoms with Crippen molar-refractivity contribution >= 4 is 22.6 Å². The molecule has 5 heteroatoms. The Morgan fingerprint density at radius 1 is 1.36 bits per heavy atom. The fourth-order valence-corrected chi connectivity index (χ4v) is 1.87. The fraction of sp³-hybridized carbons (Fsp3) is 0.667. The molecule has 0 saturated carbocycles. The molecule has 0 bridgehead atoms. The molecule has 2 rings (SSSR count). The van der Waals surface area contributed by atoms with Gasteiger partial charge < -0.3 is 4.57 Å². The van der Waals surface area contributed by atoms with Gasteiger partial charge in [0, 0.05) is 35.7 Å². The maximum Gasteiger partial charge on any atom is 0.194 e. The summed E-state index contributed by atoms with van der Waals surface area (Å²) in [5, 5.41) is 8.08. The van der Waals surface area contributed by atoms with Crippen molar-refractivity contribution in [2.45, 2.75) is 13.1 Å². The quantitative estimate of drug-likeness (QED) is 0.633. The van der Waals surface area contributed by atoms with Crippen LogP contribution in [-0.4, -0.2) is 33.3 Å². The summed E-state index contributed by atoms with van der Waals surface area (Å²) >= 11 is 2.22. The van der Waals surface area contributed by atoms with E-state index in [1.807, 2.05) is 0 Å². The van der Waals surface area contributed by atoms with Crippen LogP contribution >= 0.6 is 22.6 Å². The highest BCUT2D eigenvalue weighted by atomic mass is 127. The minimum Gasteiger partial charge on any atom is -0.304 e. The first-order chi connectivity index (χ1) is 5.27. The third-order valence-corrected chi connectivity index (χ3v) is 2.70. The predicted octanol–water partition coefficient (Wildman–Crippen LogP) is 0.328. The highest BCUT2D eigenvalue weighted by molar-refractivity contribution is 14.1. The zero-order chi connectivity index (χ0) is 7.84. The average molecular weight is 264 g/mol. The molecule has 0 aliphatic carbocycles. The van der Waals surface area contributed by atoms with E-state index in [4.69, 9.17) is 0 Å². The Bertz CT molecular complexity index is 270. The van der Waals surface area contributed by atoms with E-state index in [-0.39, 0.29) is 0 Å². The summed E-state index contributed by atoms with van der Waals surface area (Å²) in [4.78, 5) is 2.25. The predicted molar refractivity (Wildman–Crippen MR) is 49.1 cm³/mol. The molecule has 0 atom stereocenters. The van der Waals surface area contributed by atoms with Crippen molar-refractivity contribution in [3.63, 3.8) is 0 Å². The molecule has 11 heavy (non-hydrogen) atoms. The fourth-order valence-electron chi connectivity index (χ4n) is 1.24. The van der Waals surface area contributed by atoms with Crippen LogP contribution in [0.15, 0.2) is 0 Å². The minimum atomic E-state index is 0.927. The first-order valence-electron chi connectivity index (χ1n) is 3.53.